The molecular formula is C24H19F6N3O2. The maximum atomic E-state index is 13.2. The summed E-state index contributed by atoms with van der Waals surface area (Å²) in [5, 5.41) is 4.36. The minimum absolute atomic E-state index is 0.0131. The van der Waals surface area contributed by atoms with Crippen LogP contribution in [0, 0.1) is 0 Å². The number of amides is 1. The van der Waals surface area contributed by atoms with Gasteiger partial charge in [0.15, 0.2) is 0 Å². The maximum Gasteiger partial charge on any atom is 0.416 e. The normalized spacial score (nSPS) is 17.1. The number of halogens is 6. The monoisotopic (exact) mass is 495 g/mol. The number of likely N-dealkylation sites (tertiary alicyclic amines) is 1. The summed E-state index contributed by atoms with van der Waals surface area (Å²) >= 11 is 0. The predicted molar refractivity (Wildman–Crippen MR) is 113 cm³/mol. The number of piperidine rings is 1. The topological polar surface area (TPSA) is 47.4 Å². The third kappa shape index (κ3) is 3.92. The number of ether oxygens (including phenoxy) is 1. The Labute approximate surface area is 195 Å². The fourth-order valence-corrected chi connectivity index (χ4v) is 4.81. The number of nitrogens with zero attached hydrogens (tertiary/aromatic N) is 3. The van der Waals surface area contributed by atoms with Crippen LogP contribution in [0.15, 0.2) is 48.7 Å². The van der Waals surface area contributed by atoms with Crippen molar-refractivity contribution in [3.63, 3.8) is 0 Å². The van der Waals surface area contributed by atoms with Crippen LogP contribution in [0.4, 0.5) is 26.3 Å². The van der Waals surface area contributed by atoms with Gasteiger partial charge in [0.1, 0.15) is 11.4 Å². The van der Waals surface area contributed by atoms with Crippen molar-refractivity contribution in [2.75, 3.05) is 13.1 Å². The van der Waals surface area contributed by atoms with E-state index < -0.39 is 40.6 Å². The van der Waals surface area contributed by atoms with Gasteiger partial charge in [0.05, 0.1) is 23.0 Å². The number of aromatic nitrogens is 2. The molecule has 0 bridgehead atoms. The Morgan fingerprint density at radius 1 is 0.971 bits per heavy atom. The summed E-state index contributed by atoms with van der Waals surface area (Å²) in [5.74, 6) is -0.241. The van der Waals surface area contributed by atoms with E-state index in [0.717, 1.165) is 16.8 Å². The molecule has 1 saturated heterocycles. The van der Waals surface area contributed by atoms with Crippen LogP contribution in [0.3, 0.4) is 0 Å². The molecule has 1 fully saturated rings. The zero-order valence-corrected chi connectivity index (χ0v) is 18.4. The Kier molecular flexibility index (Phi) is 5.15. The molecular weight excluding hydrogens is 476 g/mol. The molecule has 2 aromatic carbocycles. The first-order valence-corrected chi connectivity index (χ1v) is 10.8. The van der Waals surface area contributed by atoms with Crippen molar-refractivity contribution in [1.82, 2.24) is 14.7 Å². The van der Waals surface area contributed by atoms with E-state index in [-0.39, 0.29) is 19.2 Å². The Hall–Kier alpha value is -3.50. The highest BCUT2D eigenvalue weighted by Crippen LogP contribution is 2.49. The summed E-state index contributed by atoms with van der Waals surface area (Å²) in [6.45, 7) is 0.180. The van der Waals surface area contributed by atoms with Gasteiger partial charge in [-0.05, 0) is 30.3 Å². The minimum Gasteiger partial charge on any atom is -0.482 e. The number of benzene rings is 2. The summed E-state index contributed by atoms with van der Waals surface area (Å²) < 4.78 is 87.5. The molecule has 0 saturated carbocycles. The fraction of sp³-hybridized carbons (Fsp3) is 0.333. The van der Waals surface area contributed by atoms with Gasteiger partial charge < -0.3 is 9.64 Å². The molecule has 5 nitrogen and oxygen atoms in total. The maximum absolute atomic E-state index is 13.2. The standard InChI is InChI=1S/C24H19F6N3O2/c1-32-20-17-4-2-3-5-19(17)35-22(18(20)13-31-32)6-8-33(9-7-22)21(34)14-10-15(23(25,26)27)12-16(11-14)24(28,29)30/h2-5,10-13H,6-9H2,1H3. The smallest absolute Gasteiger partial charge is 0.416 e. The van der Waals surface area contributed by atoms with E-state index in [1.807, 2.05) is 24.3 Å². The van der Waals surface area contributed by atoms with Crippen LogP contribution >= 0.6 is 0 Å². The number of fused-ring (bicyclic) bond motifs is 4. The second-order valence-electron chi connectivity index (χ2n) is 8.71. The molecule has 2 aliphatic heterocycles. The Bertz CT molecular complexity index is 1270. The molecule has 0 radical (unpaired) electrons. The summed E-state index contributed by atoms with van der Waals surface area (Å²) in [6, 6.07) is 8.39. The third-order valence-electron chi connectivity index (χ3n) is 6.57. The van der Waals surface area contributed by atoms with Crippen LogP contribution in [-0.2, 0) is 25.0 Å². The van der Waals surface area contributed by atoms with E-state index >= 15 is 0 Å². The molecule has 1 amide bonds. The summed E-state index contributed by atoms with van der Waals surface area (Å²) in [5.41, 5.74) is -1.91. The first kappa shape index (κ1) is 23.3. The minimum atomic E-state index is -5.03. The molecule has 1 spiro atoms. The van der Waals surface area contributed by atoms with Crippen LogP contribution in [0.2, 0.25) is 0 Å². The molecule has 0 unspecified atom stereocenters. The van der Waals surface area contributed by atoms with Gasteiger partial charge >= 0.3 is 12.4 Å². The first-order valence-electron chi connectivity index (χ1n) is 10.8. The number of para-hydroxylation sites is 1. The second-order valence-corrected chi connectivity index (χ2v) is 8.71. The van der Waals surface area contributed by atoms with E-state index in [1.165, 1.54) is 4.90 Å². The number of hydrogen-bond donors (Lipinski definition) is 0. The molecule has 35 heavy (non-hydrogen) atoms. The van der Waals surface area contributed by atoms with Crippen molar-refractivity contribution in [2.45, 2.75) is 30.8 Å². The second kappa shape index (κ2) is 7.76. The van der Waals surface area contributed by atoms with Gasteiger partial charge in [-0.15, -0.1) is 0 Å². The van der Waals surface area contributed by atoms with Crippen molar-refractivity contribution in [2.24, 2.45) is 7.05 Å². The molecule has 5 rings (SSSR count). The van der Waals surface area contributed by atoms with Crippen LogP contribution < -0.4 is 4.74 Å². The average Bonchev–Trinajstić information content (AvgIpc) is 3.21. The molecule has 2 aliphatic rings. The molecule has 184 valence electrons. The highest BCUT2D eigenvalue weighted by molar-refractivity contribution is 5.95. The number of alkyl halides is 6. The van der Waals surface area contributed by atoms with Crippen LogP contribution in [0.5, 0.6) is 5.75 Å². The van der Waals surface area contributed by atoms with E-state index in [1.54, 1.807) is 17.9 Å². The highest BCUT2D eigenvalue weighted by Gasteiger charge is 2.46. The Morgan fingerprint density at radius 3 is 2.17 bits per heavy atom. The van der Waals surface area contributed by atoms with E-state index in [2.05, 4.69) is 5.10 Å². The number of hydrogen-bond acceptors (Lipinski definition) is 3. The van der Waals surface area contributed by atoms with Gasteiger partial charge in [0.2, 0.25) is 0 Å². The Morgan fingerprint density at radius 2 is 1.57 bits per heavy atom. The van der Waals surface area contributed by atoms with Crippen LogP contribution in [-0.4, -0.2) is 33.7 Å². The lowest BCUT2D eigenvalue weighted by molar-refractivity contribution is -0.143. The summed E-state index contributed by atoms with van der Waals surface area (Å²) in [7, 11) is 1.80. The van der Waals surface area contributed by atoms with E-state index in [0.29, 0.717) is 30.7 Å². The number of rotatable bonds is 1. The molecule has 0 atom stereocenters. The SMILES string of the molecule is Cn1ncc2c1-c1ccccc1OC21CCN(C(=O)c2cc(C(F)(F)F)cc(C(F)(F)F)c2)CC1. The van der Waals surface area contributed by atoms with Gasteiger partial charge in [-0.2, -0.15) is 31.4 Å². The average molecular weight is 495 g/mol. The molecule has 0 N–H and O–H groups in total. The quantitative estimate of drug-likeness (QED) is 0.410. The Balaban J connectivity index is 1.43. The zero-order chi connectivity index (χ0) is 25.2. The van der Waals surface area contributed by atoms with Crippen molar-refractivity contribution >= 4 is 5.91 Å². The van der Waals surface area contributed by atoms with Gasteiger partial charge in [-0.3, -0.25) is 9.48 Å². The number of carbonyl (C=O) groups excluding carboxylic acids is 1. The lowest BCUT2D eigenvalue weighted by atomic mass is 9.81. The van der Waals surface area contributed by atoms with Crippen molar-refractivity contribution in [3.05, 3.63) is 70.9 Å². The van der Waals surface area contributed by atoms with E-state index in [9.17, 15) is 31.1 Å². The van der Waals surface area contributed by atoms with Crippen molar-refractivity contribution in [3.8, 4) is 17.0 Å². The van der Waals surface area contributed by atoms with Gasteiger partial charge in [-0.1, -0.05) is 12.1 Å². The molecule has 3 aromatic rings. The fourth-order valence-electron chi connectivity index (χ4n) is 4.81. The predicted octanol–water partition coefficient (Wildman–Crippen LogP) is 5.65. The summed E-state index contributed by atoms with van der Waals surface area (Å²) in [6.07, 6.45) is -7.75. The molecule has 1 aromatic heterocycles. The largest absolute Gasteiger partial charge is 0.482 e. The molecule has 11 heteroatoms. The van der Waals surface area contributed by atoms with Gasteiger partial charge in [-0.25, -0.2) is 0 Å². The highest BCUT2D eigenvalue weighted by atomic mass is 19.4. The third-order valence-corrected chi connectivity index (χ3v) is 6.57. The summed E-state index contributed by atoms with van der Waals surface area (Å²) in [4.78, 5) is 14.3. The first-order chi connectivity index (χ1) is 16.4. The van der Waals surface area contributed by atoms with E-state index in [4.69, 9.17) is 4.74 Å². The van der Waals surface area contributed by atoms with Crippen molar-refractivity contribution < 1.29 is 35.9 Å². The van der Waals surface area contributed by atoms with Crippen molar-refractivity contribution in [1.29, 1.82) is 0 Å². The number of aryl methyl sites for hydroxylation is 1. The lowest BCUT2D eigenvalue weighted by Gasteiger charge is -2.44. The van der Waals surface area contributed by atoms with Crippen LogP contribution in [0.25, 0.3) is 11.3 Å². The molecule has 3 heterocycles. The van der Waals surface area contributed by atoms with Gasteiger partial charge in [0.25, 0.3) is 5.91 Å². The van der Waals surface area contributed by atoms with Crippen LogP contribution in [0.1, 0.15) is 39.9 Å². The molecule has 0 aliphatic carbocycles. The lowest BCUT2D eigenvalue weighted by Crippen LogP contribution is -2.49. The van der Waals surface area contributed by atoms with Gasteiger partial charge in [0, 0.05) is 49.7 Å². The number of carbonyl (C=O) groups is 1. The zero-order valence-electron chi connectivity index (χ0n) is 18.4.